The summed E-state index contributed by atoms with van der Waals surface area (Å²) in [5, 5.41) is 2.20. The first-order valence-electron chi connectivity index (χ1n) is 4.49. The lowest BCUT2D eigenvalue weighted by Crippen LogP contribution is -2.13. The number of nitrogens with one attached hydrogen (secondary N) is 1. The van der Waals surface area contributed by atoms with E-state index in [2.05, 4.69) is 21.2 Å². The fraction of sp³-hybridized carbons (Fsp3) is 0.300. The van der Waals surface area contributed by atoms with Crippen LogP contribution in [-0.2, 0) is 4.79 Å². The number of amides is 1. The zero-order chi connectivity index (χ0) is 11.4. The van der Waals surface area contributed by atoms with E-state index in [-0.39, 0.29) is 6.42 Å². The molecule has 0 aliphatic carbocycles. The summed E-state index contributed by atoms with van der Waals surface area (Å²) in [5.74, 6) is -1.96. The Kier molecular flexibility index (Phi) is 4.20. The minimum Gasteiger partial charge on any atom is -0.321 e. The number of hydrogen-bond acceptors (Lipinski definition) is 1. The van der Waals surface area contributed by atoms with E-state index in [1.807, 2.05) is 6.92 Å². The van der Waals surface area contributed by atoms with Crippen molar-refractivity contribution >= 4 is 27.5 Å². The lowest BCUT2D eigenvalue weighted by molar-refractivity contribution is -0.116. The predicted molar refractivity (Wildman–Crippen MR) is 57.6 cm³/mol. The zero-order valence-electron chi connectivity index (χ0n) is 8.11. The van der Waals surface area contributed by atoms with Gasteiger partial charge in [0.15, 0.2) is 11.6 Å². The van der Waals surface area contributed by atoms with Gasteiger partial charge in [-0.2, -0.15) is 0 Å². The van der Waals surface area contributed by atoms with Crippen LogP contribution in [0.4, 0.5) is 14.5 Å². The van der Waals surface area contributed by atoms with E-state index in [9.17, 15) is 13.6 Å². The van der Waals surface area contributed by atoms with Gasteiger partial charge >= 0.3 is 0 Å². The van der Waals surface area contributed by atoms with Gasteiger partial charge in [-0.25, -0.2) is 8.78 Å². The Bertz CT molecular complexity index is 359. The van der Waals surface area contributed by atoms with Gasteiger partial charge in [-0.15, -0.1) is 0 Å². The van der Waals surface area contributed by atoms with Crippen molar-refractivity contribution in [2.75, 3.05) is 5.32 Å². The van der Waals surface area contributed by atoms with Gasteiger partial charge in [-0.05, 0) is 18.6 Å². The van der Waals surface area contributed by atoms with Gasteiger partial charge in [0, 0.05) is 10.9 Å². The van der Waals surface area contributed by atoms with Crippen molar-refractivity contribution in [1.82, 2.24) is 0 Å². The van der Waals surface area contributed by atoms with E-state index in [4.69, 9.17) is 0 Å². The number of benzene rings is 1. The molecule has 0 saturated heterocycles. The molecule has 1 N–H and O–H groups in total. The van der Waals surface area contributed by atoms with Crippen molar-refractivity contribution in [3.05, 3.63) is 28.2 Å². The summed E-state index contributed by atoms with van der Waals surface area (Å²) < 4.78 is 26.8. The normalized spacial score (nSPS) is 10.1. The van der Waals surface area contributed by atoms with Crippen LogP contribution < -0.4 is 5.32 Å². The summed E-state index contributed by atoms with van der Waals surface area (Å²) in [7, 11) is 0. The molecule has 15 heavy (non-hydrogen) atoms. The second-order valence-corrected chi connectivity index (χ2v) is 3.96. The molecule has 0 heterocycles. The predicted octanol–water partition coefficient (Wildman–Crippen LogP) is 3.47. The standard InChI is InChI=1S/C10H10BrF2NO/c1-2-3-9(15)14-10-7(12)4-6(11)5-8(10)13/h4-5H,2-3H2,1H3,(H,14,15). The molecule has 0 fully saturated rings. The molecule has 82 valence electrons. The van der Waals surface area contributed by atoms with Crippen LogP contribution in [-0.4, -0.2) is 5.91 Å². The number of rotatable bonds is 3. The van der Waals surface area contributed by atoms with Crippen LogP contribution in [0.15, 0.2) is 16.6 Å². The molecule has 0 unspecified atom stereocenters. The maximum Gasteiger partial charge on any atom is 0.224 e. The first-order chi connectivity index (χ1) is 7.04. The molecule has 0 aliphatic heterocycles. The minimum absolute atomic E-state index is 0.245. The third-order valence-electron chi connectivity index (χ3n) is 1.75. The van der Waals surface area contributed by atoms with E-state index >= 15 is 0 Å². The Morgan fingerprint density at radius 3 is 2.40 bits per heavy atom. The van der Waals surface area contributed by atoms with Crippen molar-refractivity contribution in [3.8, 4) is 0 Å². The van der Waals surface area contributed by atoms with Crippen LogP contribution in [0, 0.1) is 11.6 Å². The Hall–Kier alpha value is -0.970. The Morgan fingerprint density at radius 2 is 1.93 bits per heavy atom. The summed E-state index contributed by atoms with van der Waals surface area (Å²) >= 11 is 2.95. The molecule has 0 aliphatic rings. The van der Waals surface area contributed by atoms with Crippen molar-refractivity contribution < 1.29 is 13.6 Å². The van der Waals surface area contributed by atoms with E-state index in [1.165, 1.54) is 0 Å². The third kappa shape index (κ3) is 3.27. The van der Waals surface area contributed by atoms with Gasteiger partial charge in [0.25, 0.3) is 0 Å². The first kappa shape index (κ1) is 12.1. The molecule has 0 aromatic heterocycles. The maximum absolute atomic E-state index is 13.2. The molecule has 0 bridgehead atoms. The molecular weight excluding hydrogens is 268 g/mol. The number of carbonyl (C=O) groups excluding carboxylic acids is 1. The van der Waals surface area contributed by atoms with Crippen LogP contribution in [0.1, 0.15) is 19.8 Å². The van der Waals surface area contributed by atoms with Crippen LogP contribution in [0.5, 0.6) is 0 Å². The third-order valence-corrected chi connectivity index (χ3v) is 2.21. The van der Waals surface area contributed by atoms with Crippen LogP contribution in [0.3, 0.4) is 0 Å². The second-order valence-electron chi connectivity index (χ2n) is 3.04. The van der Waals surface area contributed by atoms with Crippen molar-refractivity contribution in [1.29, 1.82) is 0 Å². The molecule has 0 atom stereocenters. The maximum atomic E-state index is 13.2. The fourth-order valence-electron chi connectivity index (χ4n) is 1.09. The number of carbonyl (C=O) groups is 1. The molecule has 2 nitrogen and oxygen atoms in total. The van der Waals surface area contributed by atoms with Crippen molar-refractivity contribution in [2.45, 2.75) is 19.8 Å². The smallest absolute Gasteiger partial charge is 0.224 e. The quantitative estimate of drug-likeness (QED) is 0.901. The highest BCUT2D eigenvalue weighted by atomic mass is 79.9. The number of hydrogen-bond donors (Lipinski definition) is 1. The Morgan fingerprint density at radius 1 is 1.40 bits per heavy atom. The topological polar surface area (TPSA) is 29.1 Å². The monoisotopic (exact) mass is 277 g/mol. The first-order valence-corrected chi connectivity index (χ1v) is 5.28. The SMILES string of the molecule is CCCC(=O)Nc1c(F)cc(Br)cc1F. The van der Waals surface area contributed by atoms with Crippen LogP contribution >= 0.6 is 15.9 Å². The van der Waals surface area contributed by atoms with Gasteiger partial charge < -0.3 is 5.32 Å². The minimum atomic E-state index is -0.786. The number of anilines is 1. The van der Waals surface area contributed by atoms with E-state index < -0.39 is 23.2 Å². The molecule has 5 heteroatoms. The molecular formula is C10H10BrF2NO. The van der Waals surface area contributed by atoms with Gasteiger partial charge in [0.05, 0.1) is 0 Å². The summed E-state index contributed by atoms with van der Waals surface area (Å²) in [6, 6.07) is 2.20. The average Bonchev–Trinajstić information content (AvgIpc) is 2.11. The molecule has 1 amide bonds. The molecule has 0 saturated carbocycles. The van der Waals surface area contributed by atoms with Gasteiger partial charge in [-0.1, -0.05) is 22.9 Å². The highest BCUT2D eigenvalue weighted by molar-refractivity contribution is 9.10. The van der Waals surface area contributed by atoms with E-state index in [1.54, 1.807) is 0 Å². The lowest BCUT2D eigenvalue weighted by Gasteiger charge is -2.07. The molecule has 0 radical (unpaired) electrons. The summed E-state index contributed by atoms with van der Waals surface area (Å²) in [4.78, 5) is 11.1. The van der Waals surface area contributed by atoms with E-state index in [0.29, 0.717) is 10.9 Å². The fourth-order valence-corrected chi connectivity index (χ4v) is 1.49. The molecule has 1 rings (SSSR count). The van der Waals surface area contributed by atoms with Gasteiger partial charge in [-0.3, -0.25) is 4.79 Å². The molecule has 1 aromatic carbocycles. The van der Waals surface area contributed by atoms with Crippen molar-refractivity contribution in [3.63, 3.8) is 0 Å². The molecule has 0 spiro atoms. The summed E-state index contributed by atoms with van der Waals surface area (Å²) in [5.41, 5.74) is -0.392. The average molecular weight is 278 g/mol. The lowest BCUT2D eigenvalue weighted by atomic mass is 10.2. The Balaban J connectivity index is 2.90. The molecule has 1 aromatic rings. The number of halogens is 3. The van der Waals surface area contributed by atoms with Crippen LogP contribution in [0.25, 0.3) is 0 Å². The largest absolute Gasteiger partial charge is 0.321 e. The highest BCUT2D eigenvalue weighted by Gasteiger charge is 2.12. The van der Waals surface area contributed by atoms with E-state index in [0.717, 1.165) is 12.1 Å². The highest BCUT2D eigenvalue weighted by Crippen LogP contribution is 2.23. The van der Waals surface area contributed by atoms with Crippen molar-refractivity contribution in [2.24, 2.45) is 0 Å². The summed E-state index contributed by atoms with van der Waals surface area (Å²) in [6.07, 6.45) is 0.876. The summed E-state index contributed by atoms with van der Waals surface area (Å²) in [6.45, 7) is 1.81. The second kappa shape index (κ2) is 5.21. The zero-order valence-corrected chi connectivity index (χ0v) is 9.70. The van der Waals surface area contributed by atoms with Crippen LogP contribution in [0.2, 0.25) is 0 Å². The van der Waals surface area contributed by atoms with Gasteiger partial charge in [0.1, 0.15) is 5.69 Å². The van der Waals surface area contributed by atoms with Gasteiger partial charge in [0.2, 0.25) is 5.91 Å². The Labute approximate surface area is 94.8 Å².